The third kappa shape index (κ3) is 2.42. The number of para-hydroxylation sites is 1. The van der Waals surface area contributed by atoms with Crippen LogP contribution >= 0.6 is 11.6 Å². The van der Waals surface area contributed by atoms with Crippen molar-refractivity contribution in [2.24, 2.45) is 0 Å². The number of benzene rings is 1. The van der Waals surface area contributed by atoms with E-state index in [4.69, 9.17) is 11.6 Å². The zero-order valence-electron chi connectivity index (χ0n) is 11.2. The van der Waals surface area contributed by atoms with Gasteiger partial charge in [-0.25, -0.2) is 9.97 Å². The summed E-state index contributed by atoms with van der Waals surface area (Å²) in [5.41, 5.74) is 3.73. The van der Waals surface area contributed by atoms with Crippen molar-refractivity contribution in [3.8, 4) is 0 Å². The second-order valence-electron chi connectivity index (χ2n) is 4.63. The minimum absolute atomic E-state index is 0.225. The minimum Gasteiger partial charge on any atom is -0.338 e. The largest absolute Gasteiger partial charge is 0.338 e. The fraction of sp³-hybridized carbons (Fsp3) is 0.133. The third-order valence-electron chi connectivity index (χ3n) is 3.05. The van der Waals surface area contributed by atoms with E-state index in [1.165, 1.54) is 0 Å². The maximum absolute atomic E-state index is 5.85. The lowest BCUT2D eigenvalue weighted by molar-refractivity contribution is 1.13. The molecular formula is C15H13ClN4. The summed E-state index contributed by atoms with van der Waals surface area (Å²) in [5.74, 6) is 0.695. The highest BCUT2D eigenvalue weighted by Gasteiger charge is 2.07. The molecule has 0 atom stereocenters. The van der Waals surface area contributed by atoms with E-state index < -0.39 is 0 Å². The van der Waals surface area contributed by atoms with E-state index in [9.17, 15) is 0 Å². The van der Waals surface area contributed by atoms with Gasteiger partial charge in [0.1, 0.15) is 5.82 Å². The molecule has 0 aliphatic rings. The highest BCUT2D eigenvalue weighted by Crippen LogP contribution is 2.26. The van der Waals surface area contributed by atoms with E-state index in [2.05, 4.69) is 26.3 Å². The van der Waals surface area contributed by atoms with Gasteiger partial charge in [0.15, 0.2) is 0 Å². The van der Waals surface area contributed by atoms with E-state index in [-0.39, 0.29) is 5.28 Å². The first-order chi connectivity index (χ1) is 9.63. The molecule has 5 heteroatoms. The Bertz CT molecular complexity index is 786. The summed E-state index contributed by atoms with van der Waals surface area (Å²) in [7, 11) is 0. The quantitative estimate of drug-likeness (QED) is 0.722. The van der Waals surface area contributed by atoms with Crippen LogP contribution in [0.25, 0.3) is 10.9 Å². The van der Waals surface area contributed by atoms with E-state index in [0.29, 0.717) is 5.82 Å². The van der Waals surface area contributed by atoms with Crippen LogP contribution in [-0.4, -0.2) is 15.0 Å². The molecule has 0 fully saturated rings. The van der Waals surface area contributed by atoms with Crippen molar-refractivity contribution in [2.75, 3.05) is 5.32 Å². The highest BCUT2D eigenvalue weighted by atomic mass is 35.5. The SMILES string of the molecule is Cc1ccc2cccc(Nc3nc(Cl)ncc3C)c2n1. The average Bonchev–Trinajstić information content (AvgIpc) is 2.43. The molecular weight excluding hydrogens is 272 g/mol. The van der Waals surface area contributed by atoms with Crippen molar-refractivity contribution in [3.63, 3.8) is 0 Å². The Kier molecular flexibility index (Phi) is 3.24. The summed E-state index contributed by atoms with van der Waals surface area (Å²) in [6, 6.07) is 10.1. The van der Waals surface area contributed by atoms with Gasteiger partial charge < -0.3 is 5.32 Å². The van der Waals surface area contributed by atoms with Crippen molar-refractivity contribution in [3.05, 3.63) is 53.1 Å². The van der Waals surface area contributed by atoms with Crippen LogP contribution in [0, 0.1) is 13.8 Å². The lowest BCUT2D eigenvalue weighted by Gasteiger charge is -2.10. The van der Waals surface area contributed by atoms with Crippen molar-refractivity contribution >= 4 is 34.0 Å². The van der Waals surface area contributed by atoms with Crippen LogP contribution in [0.4, 0.5) is 11.5 Å². The first-order valence-corrected chi connectivity index (χ1v) is 6.64. The van der Waals surface area contributed by atoms with Crippen LogP contribution in [-0.2, 0) is 0 Å². The molecule has 1 N–H and O–H groups in total. The molecule has 2 heterocycles. The van der Waals surface area contributed by atoms with Gasteiger partial charge in [-0.2, -0.15) is 0 Å². The molecule has 0 aliphatic carbocycles. The van der Waals surface area contributed by atoms with Crippen molar-refractivity contribution in [2.45, 2.75) is 13.8 Å². The smallest absolute Gasteiger partial charge is 0.224 e. The number of aryl methyl sites for hydroxylation is 2. The second kappa shape index (κ2) is 5.06. The Morgan fingerprint density at radius 3 is 2.75 bits per heavy atom. The van der Waals surface area contributed by atoms with Crippen molar-refractivity contribution in [1.82, 2.24) is 15.0 Å². The molecule has 0 unspecified atom stereocenters. The summed E-state index contributed by atoms with van der Waals surface area (Å²) in [5, 5.41) is 4.59. The van der Waals surface area contributed by atoms with Crippen LogP contribution in [0.1, 0.15) is 11.3 Å². The van der Waals surface area contributed by atoms with E-state index in [0.717, 1.165) is 27.8 Å². The molecule has 0 radical (unpaired) electrons. The molecule has 1 aromatic carbocycles. The number of pyridine rings is 1. The summed E-state index contributed by atoms with van der Waals surface area (Å²) in [6.07, 6.45) is 1.70. The zero-order chi connectivity index (χ0) is 14.1. The second-order valence-corrected chi connectivity index (χ2v) is 4.96. The number of nitrogens with one attached hydrogen (secondary N) is 1. The number of halogens is 1. The van der Waals surface area contributed by atoms with Gasteiger partial charge in [0.25, 0.3) is 0 Å². The predicted molar refractivity (Wildman–Crippen MR) is 81.5 cm³/mol. The molecule has 3 rings (SSSR count). The van der Waals surface area contributed by atoms with Crippen molar-refractivity contribution in [1.29, 1.82) is 0 Å². The molecule has 0 saturated carbocycles. The van der Waals surface area contributed by atoms with Gasteiger partial charge in [0.2, 0.25) is 5.28 Å². The molecule has 3 aromatic rings. The summed E-state index contributed by atoms with van der Waals surface area (Å²) in [4.78, 5) is 12.8. The third-order valence-corrected chi connectivity index (χ3v) is 3.24. The summed E-state index contributed by atoms with van der Waals surface area (Å²) in [6.45, 7) is 3.91. The first-order valence-electron chi connectivity index (χ1n) is 6.26. The topological polar surface area (TPSA) is 50.7 Å². The predicted octanol–water partition coefficient (Wildman–Crippen LogP) is 4.04. The number of aromatic nitrogens is 3. The van der Waals surface area contributed by atoms with Gasteiger partial charge in [0.05, 0.1) is 11.2 Å². The monoisotopic (exact) mass is 284 g/mol. The molecule has 0 bridgehead atoms. The Labute approximate surface area is 121 Å². The molecule has 0 spiro atoms. The number of nitrogens with zero attached hydrogens (tertiary/aromatic N) is 3. The van der Waals surface area contributed by atoms with E-state index in [1.807, 2.05) is 38.1 Å². The van der Waals surface area contributed by atoms with Crippen LogP contribution in [0.15, 0.2) is 36.5 Å². The Morgan fingerprint density at radius 2 is 1.90 bits per heavy atom. The van der Waals surface area contributed by atoms with Gasteiger partial charge in [-0.15, -0.1) is 0 Å². The van der Waals surface area contributed by atoms with Crippen LogP contribution in [0.2, 0.25) is 5.28 Å². The van der Waals surface area contributed by atoms with Crippen molar-refractivity contribution < 1.29 is 0 Å². The van der Waals surface area contributed by atoms with Gasteiger partial charge in [0, 0.05) is 22.8 Å². The molecule has 20 heavy (non-hydrogen) atoms. The lowest BCUT2D eigenvalue weighted by Crippen LogP contribution is -1.99. The number of hydrogen-bond acceptors (Lipinski definition) is 4. The summed E-state index contributed by atoms with van der Waals surface area (Å²) < 4.78 is 0. The van der Waals surface area contributed by atoms with E-state index in [1.54, 1.807) is 6.20 Å². The molecule has 0 aliphatic heterocycles. The fourth-order valence-electron chi connectivity index (χ4n) is 2.02. The average molecular weight is 285 g/mol. The van der Waals surface area contributed by atoms with Gasteiger partial charge in [-0.3, -0.25) is 4.98 Å². The Balaban J connectivity index is 2.10. The van der Waals surface area contributed by atoms with E-state index >= 15 is 0 Å². The number of rotatable bonds is 2. The number of hydrogen-bond donors (Lipinski definition) is 1. The van der Waals surface area contributed by atoms with Gasteiger partial charge in [-0.1, -0.05) is 18.2 Å². The first kappa shape index (κ1) is 12.8. The molecule has 2 aromatic heterocycles. The fourth-order valence-corrected chi connectivity index (χ4v) is 2.15. The molecule has 4 nitrogen and oxygen atoms in total. The van der Waals surface area contributed by atoms with Crippen LogP contribution < -0.4 is 5.32 Å². The van der Waals surface area contributed by atoms with Gasteiger partial charge >= 0.3 is 0 Å². The number of fused-ring (bicyclic) bond motifs is 1. The van der Waals surface area contributed by atoms with Gasteiger partial charge in [-0.05, 0) is 37.6 Å². The van der Waals surface area contributed by atoms with Crippen LogP contribution in [0.3, 0.4) is 0 Å². The van der Waals surface area contributed by atoms with Crippen LogP contribution in [0.5, 0.6) is 0 Å². The zero-order valence-corrected chi connectivity index (χ0v) is 11.9. The normalized spacial score (nSPS) is 10.8. The maximum atomic E-state index is 5.85. The standard InChI is InChI=1S/C15H13ClN4/c1-9-8-17-15(16)20-14(9)19-12-5-3-4-11-7-6-10(2)18-13(11)12/h3-8H,1-2H3,(H,17,19,20). The Hall–Kier alpha value is -2.20. The molecule has 100 valence electrons. The highest BCUT2D eigenvalue weighted by molar-refractivity contribution is 6.28. The lowest BCUT2D eigenvalue weighted by atomic mass is 10.1. The summed E-state index contributed by atoms with van der Waals surface area (Å²) >= 11 is 5.85. The molecule has 0 amide bonds. The minimum atomic E-state index is 0.225. The maximum Gasteiger partial charge on any atom is 0.224 e. The Morgan fingerprint density at radius 1 is 1.05 bits per heavy atom. The number of anilines is 2. The molecule has 0 saturated heterocycles.